The van der Waals surface area contributed by atoms with Crippen molar-refractivity contribution < 1.29 is 34.1 Å². The van der Waals surface area contributed by atoms with Crippen LogP contribution in [0, 0.1) is 11.8 Å². The highest BCUT2D eigenvalue weighted by Crippen LogP contribution is 2.51. The predicted octanol–water partition coefficient (Wildman–Crippen LogP) is 2.20. The molecule has 0 saturated heterocycles. The third kappa shape index (κ3) is 5.38. The van der Waals surface area contributed by atoms with E-state index in [1.165, 1.54) is 7.11 Å². The number of aliphatic hydroxyl groups excluding tert-OH is 2. The number of aldehydes is 1. The highest BCUT2D eigenvalue weighted by molar-refractivity contribution is 5.96. The number of fused-ring (bicyclic) bond motifs is 3. The monoisotopic (exact) mass is 514 g/mol. The number of nitrogens with one attached hydrogen (secondary N) is 1. The molecule has 4 atom stereocenters. The minimum atomic E-state index is -1.10. The lowest BCUT2D eigenvalue weighted by Crippen LogP contribution is -2.57. The van der Waals surface area contributed by atoms with Crippen LogP contribution < -0.4 is 14.8 Å². The average molecular weight is 515 g/mol. The van der Waals surface area contributed by atoms with Gasteiger partial charge in [0.05, 0.1) is 25.7 Å². The van der Waals surface area contributed by atoms with Crippen molar-refractivity contribution in [2.75, 3.05) is 26.8 Å². The van der Waals surface area contributed by atoms with Crippen LogP contribution in [0.2, 0.25) is 0 Å². The molecule has 37 heavy (non-hydrogen) atoms. The summed E-state index contributed by atoms with van der Waals surface area (Å²) in [6.45, 7) is 4.46. The summed E-state index contributed by atoms with van der Waals surface area (Å²) in [5.41, 5.74) is 1.28. The molecule has 1 fully saturated rings. The van der Waals surface area contributed by atoms with Crippen LogP contribution in [0.15, 0.2) is 23.8 Å². The first-order chi connectivity index (χ1) is 17.8. The van der Waals surface area contributed by atoms with Gasteiger partial charge >= 0.3 is 0 Å². The zero-order valence-electron chi connectivity index (χ0n) is 21.8. The molecule has 0 aromatic heterocycles. The average Bonchev–Trinajstić information content (AvgIpc) is 3.56. The van der Waals surface area contributed by atoms with Crippen molar-refractivity contribution in [1.82, 2.24) is 10.2 Å². The molecule has 2 amide bonds. The molecule has 1 aromatic rings. The molecule has 9 heteroatoms. The van der Waals surface area contributed by atoms with Crippen LogP contribution in [-0.4, -0.2) is 78.3 Å². The third-order valence-corrected chi connectivity index (χ3v) is 7.71. The summed E-state index contributed by atoms with van der Waals surface area (Å²) in [4.78, 5) is 40.4. The molecule has 3 N–H and O–H groups in total. The van der Waals surface area contributed by atoms with Crippen LogP contribution in [0.5, 0.6) is 11.5 Å². The van der Waals surface area contributed by atoms with Crippen molar-refractivity contribution in [2.24, 2.45) is 11.8 Å². The van der Waals surface area contributed by atoms with Crippen LogP contribution in [-0.2, 0) is 9.59 Å². The predicted molar refractivity (Wildman–Crippen MR) is 137 cm³/mol. The number of hydrogen-bond acceptors (Lipinski definition) is 7. The van der Waals surface area contributed by atoms with Crippen LogP contribution in [0.4, 0.5) is 0 Å². The Balaban J connectivity index is 1.79. The second-order valence-electron chi connectivity index (χ2n) is 10.6. The summed E-state index contributed by atoms with van der Waals surface area (Å²) in [5, 5.41) is 23.7. The maximum absolute atomic E-state index is 13.7. The van der Waals surface area contributed by atoms with Gasteiger partial charge in [0.25, 0.3) is 0 Å². The van der Waals surface area contributed by atoms with E-state index >= 15 is 0 Å². The van der Waals surface area contributed by atoms with Gasteiger partial charge in [0.2, 0.25) is 11.8 Å². The quantitative estimate of drug-likeness (QED) is 0.409. The molecule has 0 radical (unpaired) electrons. The maximum Gasteiger partial charge on any atom is 0.247 e. The number of benzene rings is 1. The van der Waals surface area contributed by atoms with Crippen molar-refractivity contribution >= 4 is 18.1 Å². The molecular formula is C28H38N2O7. The molecule has 1 saturated carbocycles. The first-order valence-electron chi connectivity index (χ1n) is 13.2. The topological polar surface area (TPSA) is 125 Å². The number of carbonyl (C=O) groups is 3. The summed E-state index contributed by atoms with van der Waals surface area (Å²) >= 11 is 0. The van der Waals surface area contributed by atoms with Gasteiger partial charge in [-0.05, 0) is 43.4 Å². The second-order valence-corrected chi connectivity index (χ2v) is 10.6. The van der Waals surface area contributed by atoms with Crippen LogP contribution in [0.3, 0.4) is 0 Å². The summed E-state index contributed by atoms with van der Waals surface area (Å²) in [6, 6.07) is 2.45. The zero-order chi connectivity index (χ0) is 26.7. The summed E-state index contributed by atoms with van der Waals surface area (Å²) in [5.74, 6) is -0.0996. The van der Waals surface area contributed by atoms with Crippen molar-refractivity contribution in [3.05, 3.63) is 34.9 Å². The Morgan fingerprint density at radius 1 is 1.27 bits per heavy atom. The van der Waals surface area contributed by atoms with E-state index in [2.05, 4.69) is 19.2 Å². The molecule has 1 aromatic carbocycles. The number of aliphatic hydroxyl groups is 2. The van der Waals surface area contributed by atoms with E-state index in [9.17, 15) is 24.6 Å². The Bertz CT molecular complexity index is 1050. The minimum absolute atomic E-state index is 0.00310. The lowest BCUT2D eigenvalue weighted by atomic mass is 9.77. The fourth-order valence-electron chi connectivity index (χ4n) is 5.77. The highest BCUT2D eigenvalue weighted by atomic mass is 16.5. The van der Waals surface area contributed by atoms with Gasteiger partial charge in [-0.15, -0.1) is 0 Å². The van der Waals surface area contributed by atoms with Crippen molar-refractivity contribution in [3.8, 4) is 11.5 Å². The normalized spacial score (nSPS) is 24.6. The number of ether oxygens (including phenoxy) is 2. The van der Waals surface area contributed by atoms with Crippen molar-refractivity contribution in [2.45, 2.75) is 70.1 Å². The lowest BCUT2D eigenvalue weighted by molar-refractivity contribution is -0.141. The number of nitrogens with zero attached hydrogens (tertiary/aromatic N) is 1. The van der Waals surface area contributed by atoms with Crippen LogP contribution >= 0.6 is 0 Å². The van der Waals surface area contributed by atoms with Gasteiger partial charge in [-0.2, -0.15) is 0 Å². The SMILES string of the molecule is COc1cc(C=O)cc2c1O[C@@H]1[C@@H](O)[C@H](N(CCC(C)C)C(=O)C3CCCC3)C=C(C(=O)NCCO)[C@H]21. The maximum atomic E-state index is 13.7. The summed E-state index contributed by atoms with van der Waals surface area (Å²) in [7, 11) is 1.47. The number of amides is 2. The number of hydrogen-bond donors (Lipinski definition) is 3. The molecule has 0 spiro atoms. The molecule has 4 rings (SSSR count). The Morgan fingerprint density at radius 3 is 2.62 bits per heavy atom. The molecule has 3 aliphatic rings. The summed E-state index contributed by atoms with van der Waals surface area (Å²) < 4.78 is 11.7. The van der Waals surface area contributed by atoms with Gasteiger partial charge in [0.15, 0.2) is 11.5 Å². The first kappa shape index (κ1) is 27.1. The number of carbonyl (C=O) groups excluding carboxylic acids is 3. The molecule has 2 aliphatic carbocycles. The number of rotatable bonds is 10. The van der Waals surface area contributed by atoms with Gasteiger partial charge < -0.3 is 29.9 Å². The highest BCUT2D eigenvalue weighted by Gasteiger charge is 2.51. The lowest BCUT2D eigenvalue weighted by Gasteiger charge is -2.41. The van der Waals surface area contributed by atoms with Crippen LogP contribution in [0.25, 0.3) is 0 Å². The van der Waals surface area contributed by atoms with E-state index < -0.39 is 30.1 Å². The molecule has 9 nitrogen and oxygen atoms in total. The molecule has 1 heterocycles. The molecule has 0 unspecified atom stereocenters. The van der Waals surface area contributed by atoms with Gasteiger partial charge in [-0.3, -0.25) is 14.4 Å². The van der Waals surface area contributed by atoms with Crippen LogP contribution in [0.1, 0.15) is 67.8 Å². The fourth-order valence-corrected chi connectivity index (χ4v) is 5.77. The smallest absolute Gasteiger partial charge is 0.247 e. The third-order valence-electron chi connectivity index (χ3n) is 7.71. The van der Waals surface area contributed by atoms with Crippen molar-refractivity contribution in [3.63, 3.8) is 0 Å². The van der Waals surface area contributed by atoms with E-state index in [0.717, 1.165) is 32.1 Å². The second kappa shape index (κ2) is 11.6. The fraction of sp³-hybridized carbons (Fsp3) is 0.607. The molecule has 1 aliphatic heterocycles. The largest absolute Gasteiger partial charge is 0.493 e. The Labute approximate surface area is 217 Å². The minimum Gasteiger partial charge on any atom is -0.493 e. The Kier molecular flexibility index (Phi) is 8.54. The van der Waals surface area contributed by atoms with E-state index in [0.29, 0.717) is 46.9 Å². The zero-order valence-corrected chi connectivity index (χ0v) is 21.8. The van der Waals surface area contributed by atoms with E-state index in [1.807, 2.05) is 0 Å². The first-order valence-corrected chi connectivity index (χ1v) is 13.2. The standard InChI is InChI=1S/C28H38N2O7/c1-16(2)8-10-30(28(35)18-6-4-5-7-18)21-14-20(27(34)29-9-11-31)23-19-12-17(15-32)13-22(36-3)25(19)37-26(23)24(21)33/h12-16,18,21,23-24,26,31,33H,4-11H2,1-3H3,(H,29,34)/t21-,23+,24+,26+/m1/s1. The molecular weight excluding hydrogens is 476 g/mol. The van der Waals surface area contributed by atoms with Gasteiger partial charge in [0.1, 0.15) is 18.5 Å². The molecule has 202 valence electrons. The summed E-state index contributed by atoms with van der Waals surface area (Å²) in [6.07, 6.45) is 4.85. The van der Waals surface area contributed by atoms with Crippen molar-refractivity contribution in [1.29, 1.82) is 0 Å². The van der Waals surface area contributed by atoms with E-state index in [1.54, 1.807) is 23.1 Å². The van der Waals surface area contributed by atoms with Gasteiger partial charge in [0, 0.05) is 35.7 Å². The van der Waals surface area contributed by atoms with E-state index in [-0.39, 0.29) is 25.0 Å². The van der Waals surface area contributed by atoms with E-state index in [4.69, 9.17) is 9.47 Å². The Hall–Kier alpha value is -2.91. The van der Waals surface area contributed by atoms with Gasteiger partial charge in [-0.1, -0.05) is 26.7 Å². The number of methoxy groups -OCH3 is 1. The Morgan fingerprint density at radius 2 is 2.00 bits per heavy atom. The van der Waals surface area contributed by atoms with Gasteiger partial charge in [-0.25, -0.2) is 0 Å². The molecule has 0 bridgehead atoms.